The van der Waals surface area contributed by atoms with E-state index in [0.29, 0.717) is 39.5 Å². The third kappa shape index (κ3) is 4.87. The summed E-state index contributed by atoms with van der Waals surface area (Å²) in [5.41, 5.74) is 8.43. The average Bonchev–Trinajstić information content (AvgIpc) is 3.16. The van der Waals surface area contributed by atoms with Crippen molar-refractivity contribution in [3.8, 4) is 17.2 Å². The fourth-order valence-corrected chi connectivity index (χ4v) is 3.53. The van der Waals surface area contributed by atoms with E-state index in [0.717, 1.165) is 22.2 Å². The predicted octanol–water partition coefficient (Wildman–Crippen LogP) is 5.79. The first-order valence-electron chi connectivity index (χ1n) is 9.38. The Labute approximate surface area is 188 Å². The van der Waals surface area contributed by atoms with E-state index in [1.165, 1.54) is 0 Å². The number of nitrogens with two attached hydrogens (primary N) is 1. The third-order valence-electron chi connectivity index (χ3n) is 4.64. The van der Waals surface area contributed by atoms with Crippen LogP contribution in [0, 0.1) is 0 Å². The van der Waals surface area contributed by atoms with E-state index in [-0.39, 0.29) is 5.91 Å². The largest absolute Gasteiger partial charge is 0.497 e. The van der Waals surface area contributed by atoms with Crippen LogP contribution in [0.5, 0.6) is 17.2 Å². The number of halogens is 2. The van der Waals surface area contributed by atoms with Crippen LogP contribution < -0.4 is 20.5 Å². The van der Waals surface area contributed by atoms with Gasteiger partial charge in [0.15, 0.2) is 0 Å². The van der Waals surface area contributed by atoms with Crippen molar-refractivity contribution in [3.63, 3.8) is 0 Å². The maximum Gasteiger partial charge on any atom is 0.267 e. The molecule has 0 atom stereocenters. The summed E-state index contributed by atoms with van der Waals surface area (Å²) in [6.07, 6.45) is 0. The van der Waals surface area contributed by atoms with Crippen LogP contribution in [0.3, 0.4) is 0 Å². The fraction of sp³-hybridized carbons (Fsp3) is 0.0870. The van der Waals surface area contributed by atoms with Gasteiger partial charge in [0.05, 0.1) is 12.1 Å². The Morgan fingerprint density at radius 3 is 2.65 bits per heavy atom. The zero-order chi connectivity index (χ0) is 22.0. The minimum absolute atomic E-state index is 0.227. The first kappa shape index (κ1) is 20.9. The Morgan fingerprint density at radius 2 is 1.87 bits per heavy atom. The van der Waals surface area contributed by atoms with Crippen LogP contribution in [-0.4, -0.2) is 18.0 Å². The van der Waals surface area contributed by atoms with E-state index < -0.39 is 0 Å². The van der Waals surface area contributed by atoms with Crippen molar-refractivity contribution < 1.29 is 14.3 Å². The van der Waals surface area contributed by atoms with Gasteiger partial charge in [-0.05, 0) is 54.1 Å². The Balaban J connectivity index is 1.47. The number of anilines is 1. The second-order valence-corrected chi connectivity index (χ2v) is 7.75. The molecule has 0 aliphatic carbocycles. The second kappa shape index (κ2) is 8.79. The van der Waals surface area contributed by atoms with Crippen molar-refractivity contribution in [2.45, 2.75) is 6.54 Å². The first-order chi connectivity index (χ1) is 14.9. The van der Waals surface area contributed by atoms with E-state index in [2.05, 4.69) is 10.3 Å². The molecule has 4 N–H and O–H groups in total. The van der Waals surface area contributed by atoms with Gasteiger partial charge in [0, 0.05) is 34.2 Å². The number of hydrogen-bond donors (Lipinski definition) is 3. The predicted molar refractivity (Wildman–Crippen MR) is 123 cm³/mol. The molecule has 3 aromatic carbocycles. The molecule has 0 radical (unpaired) electrons. The topological polar surface area (TPSA) is 89.4 Å². The third-order valence-corrected chi connectivity index (χ3v) is 5.17. The SMILES string of the molecule is COc1ccc2[nH]c(C(=O)NCc3ccc(Cl)c(Oc4cc(N)cc(Cl)c4)c3)cc2c1. The Hall–Kier alpha value is -3.35. The molecule has 4 rings (SSSR count). The van der Waals surface area contributed by atoms with Gasteiger partial charge in [-0.25, -0.2) is 0 Å². The molecule has 6 nitrogen and oxygen atoms in total. The molecular weight excluding hydrogens is 437 g/mol. The smallest absolute Gasteiger partial charge is 0.267 e. The number of amides is 1. The number of hydrogen-bond acceptors (Lipinski definition) is 4. The van der Waals surface area contributed by atoms with Gasteiger partial charge >= 0.3 is 0 Å². The highest BCUT2D eigenvalue weighted by Gasteiger charge is 2.11. The van der Waals surface area contributed by atoms with E-state index >= 15 is 0 Å². The lowest BCUT2D eigenvalue weighted by molar-refractivity contribution is 0.0946. The molecule has 0 saturated carbocycles. The number of nitrogen functional groups attached to an aromatic ring is 1. The van der Waals surface area contributed by atoms with Crippen molar-refractivity contribution >= 4 is 45.7 Å². The van der Waals surface area contributed by atoms with E-state index in [9.17, 15) is 4.79 Å². The van der Waals surface area contributed by atoms with Gasteiger partial charge in [0.25, 0.3) is 5.91 Å². The number of carbonyl (C=O) groups is 1. The minimum Gasteiger partial charge on any atom is -0.497 e. The normalized spacial score (nSPS) is 10.8. The zero-order valence-corrected chi connectivity index (χ0v) is 18.1. The molecule has 0 fully saturated rings. The van der Waals surface area contributed by atoms with Gasteiger partial charge in [-0.15, -0.1) is 0 Å². The Bertz CT molecular complexity index is 1250. The van der Waals surface area contributed by atoms with Crippen LogP contribution in [0.2, 0.25) is 10.0 Å². The number of aromatic amines is 1. The standard InChI is InChI=1S/C23H19Cl2N3O3/c1-30-17-3-5-20-14(7-17)8-21(28-20)23(29)27-12-13-2-4-19(25)22(6-13)31-18-10-15(24)9-16(26)11-18/h2-11,28H,12,26H2,1H3,(H,27,29). The number of nitrogens with one attached hydrogen (secondary N) is 2. The Morgan fingerprint density at radius 1 is 1.03 bits per heavy atom. The summed E-state index contributed by atoms with van der Waals surface area (Å²) in [5, 5.41) is 4.68. The molecule has 0 aliphatic heterocycles. The molecule has 0 spiro atoms. The summed E-state index contributed by atoms with van der Waals surface area (Å²) >= 11 is 12.3. The number of H-pyrrole nitrogens is 1. The number of carbonyl (C=O) groups excluding carboxylic acids is 1. The van der Waals surface area contributed by atoms with Crippen LogP contribution in [0.1, 0.15) is 16.1 Å². The van der Waals surface area contributed by atoms with E-state index in [1.54, 1.807) is 43.5 Å². The van der Waals surface area contributed by atoms with Crippen molar-refractivity contribution in [2.75, 3.05) is 12.8 Å². The first-order valence-corrected chi connectivity index (χ1v) is 10.1. The van der Waals surface area contributed by atoms with E-state index in [4.69, 9.17) is 38.4 Å². The molecule has 8 heteroatoms. The lowest BCUT2D eigenvalue weighted by Crippen LogP contribution is -2.23. The quantitative estimate of drug-likeness (QED) is 0.321. The summed E-state index contributed by atoms with van der Waals surface area (Å²) in [5.74, 6) is 1.41. The minimum atomic E-state index is -0.227. The van der Waals surface area contributed by atoms with Crippen LogP contribution in [0.15, 0.2) is 60.7 Å². The Kier molecular flexibility index (Phi) is 5.93. The lowest BCUT2D eigenvalue weighted by Gasteiger charge is -2.11. The zero-order valence-electron chi connectivity index (χ0n) is 16.5. The molecule has 0 saturated heterocycles. The number of rotatable bonds is 6. The highest BCUT2D eigenvalue weighted by atomic mass is 35.5. The molecule has 1 amide bonds. The summed E-state index contributed by atoms with van der Waals surface area (Å²) < 4.78 is 11.1. The molecule has 0 unspecified atom stereocenters. The monoisotopic (exact) mass is 455 g/mol. The fourth-order valence-electron chi connectivity index (χ4n) is 3.14. The molecule has 4 aromatic rings. The molecule has 0 aliphatic rings. The maximum atomic E-state index is 12.6. The highest BCUT2D eigenvalue weighted by Crippen LogP contribution is 2.32. The summed E-state index contributed by atoms with van der Waals surface area (Å²) in [6, 6.07) is 17.6. The molecular formula is C23H19Cl2N3O3. The summed E-state index contributed by atoms with van der Waals surface area (Å²) in [7, 11) is 1.60. The number of aromatic nitrogens is 1. The highest BCUT2D eigenvalue weighted by molar-refractivity contribution is 6.32. The number of benzene rings is 3. The van der Waals surface area contributed by atoms with Crippen LogP contribution >= 0.6 is 23.2 Å². The van der Waals surface area contributed by atoms with Crippen molar-refractivity contribution in [3.05, 3.63) is 82.0 Å². The van der Waals surface area contributed by atoms with Crippen molar-refractivity contribution in [1.29, 1.82) is 0 Å². The van der Waals surface area contributed by atoms with Crippen LogP contribution in [-0.2, 0) is 6.54 Å². The van der Waals surface area contributed by atoms with Crippen LogP contribution in [0.4, 0.5) is 5.69 Å². The van der Waals surface area contributed by atoms with Gasteiger partial charge in [0.1, 0.15) is 22.9 Å². The van der Waals surface area contributed by atoms with Crippen LogP contribution in [0.25, 0.3) is 10.9 Å². The molecule has 1 heterocycles. The van der Waals surface area contributed by atoms with Gasteiger partial charge in [-0.1, -0.05) is 29.3 Å². The average molecular weight is 456 g/mol. The van der Waals surface area contributed by atoms with Gasteiger partial charge in [-0.3, -0.25) is 4.79 Å². The molecule has 158 valence electrons. The number of ether oxygens (including phenoxy) is 2. The van der Waals surface area contributed by atoms with Crippen molar-refractivity contribution in [1.82, 2.24) is 10.3 Å². The van der Waals surface area contributed by atoms with Gasteiger partial charge < -0.3 is 25.5 Å². The molecule has 0 bridgehead atoms. The van der Waals surface area contributed by atoms with Gasteiger partial charge in [0.2, 0.25) is 0 Å². The summed E-state index contributed by atoms with van der Waals surface area (Å²) in [6.45, 7) is 0.294. The van der Waals surface area contributed by atoms with E-state index in [1.807, 2.05) is 24.3 Å². The summed E-state index contributed by atoms with van der Waals surface area (Å²) in [4.78, 5) is 15.7. The molecule has 31 heavy (non-hydrogen) atoms. The number of fused-ring (bicyclic) bond motifs is 1. The second-order valence-electron chi connectivity index (χ2n) is 6.91. The molecule has 1 aromatic heterocycles. The van der Waals surface area contributed by atoms with Crippen molar-refractivity contribution in [2.24, 2.45) is 0 Å². The number of methoxy groups -OCH3 is 1. The lowest BCUT2D eigenvalue weighted by atomic mass is 10.2. The maximum absolute atomic E-state index is 12.6. The van der Waals surface area contributed by atoms with Gasteiger partial charge in [-0.2, -0.15) is 0 Å².